The van der Waals surface area contributed by atoms with Crippen LogP contribution < -0.4 is 0 Å². The molecule has 0 spiro atoms. The number of piperidine rings is 1. The molecule has 2 heterocycles. The molecule has 120 valence electrons. The second kappa shape index (κ2) is 5.37. The quantitative estimate of drug-likeness (QED) is 0.897. The van der Waals surface area contributed by atoms with Gasteiger partial charge in [-0.05, 0) is 46.6 Å². The Kier molecular flexibility index (Phi) is 3.79. The number of para-hydroxylation sites is 1. The molecule has 0 bridgehead atoms. The van der Waals surface area contributed by atoms with Gasteiger partial charge in [-0.2, -0.15) is 5.06 Å². The zero-order chi connectivity index (χ0) is 16.0. The molecule has 1 aliphatic rings. The third-order valence-corrected chi connectivity index (χ3v) is 4.75. The number of aromatic amines is 1. The zero-order valence-electron chi connectivity index (χ0n) is 13.9. The first-order chi connectivity index (χ1) is 10.3. The molecule has 1 aromatic carbocycles. The predicted molar refractivity (Wildman–Crippen MR) is 87.9 cm³/mol. The molecule has 0 saturated carbocycles. The molecule has 2 aromatic rings. The van der Waals surface area contributed by atoms with Gasteiger partial charge in [0.25, 0.3) is 0 Å². The smallest absolute Gasteiger partial charge is 0.0741 e. The van der Waals surface area contributed by atoms with Gasteiger partial charge in [0, 0.05) is 33.7 Å². The monoisotopic (exact) mass is 302 g/mol. The molecule has 0 radical (unpaired) electrons. The normalized spacial score (nSPS) is 22.2. The summed E-state index contributed by atoms with van der Waals surface area (Å²) in [4.78, 5) is 3.29. The lowest BCUT2D eigenvalue weighted by Gasteiger charge is -2.51. The Labute approximate surface area is 132 Å². The fourth-order valence-corrected chi connectivity index (χ4v) is 3.76. The van der Waals surface area contributed by atoms with E-state index in [2.05, 4.69) is 50.9 Å². The lowest BCUT2D eigenvalue weighted by Crippen LogP contribution is -2.60. The summed E-state index contributed by atoms with van der Waals surface area (Å²) in [6, 6.07) is 8.28. The maximum Gasteiger partial charge on any atom is 0.0741 e. The SMILES string of the molecule is CC1(C)CC(OCc2c[nH]c3ccccc23)CC(C)(C)N1O. The van der Waals surface area contributed by atoms with E-state index < -0.39 is 0 Å². The first-order valence-electron chi connectivity index (χ1n) is 7.95. The van der Waals surface area contributed by atoms with Gasteiger partial charge in [-0.15, -0.1) is 0 Å². The van der Waals surface area contributed by atoms with Crippen LogP contribution in [0.4, 0.5) is 0 Å². The van der Waals surface area contributed by atoms with Crippen LogP contribution in [0.2, 0.25) is 0 Å². The van der Waals surface area contributed by atoms with Crippen LogP contribution in [0.5, 0.6) is 0 Å². The number of hydrogen-bond donors (Lipinski definition) is 2. The fraction of sp³-hybridized carbons (Fsp3) is 0.556. The number of aromatic nitrogens is 1. The number of H-pyrrole nitrogens is 1. The topological polar surface area (TPSA) is 48.5 Å². The van der Waals surface area contributed by atoms with E-state index in [4.69, 9.17) is 4.74 Å². The van der Waals surface area contributed by atoms with Crippen LogP contribution in [0, 0.1) is 0 Å². The van der Waals surface area contributed by atoms with Crippen molar-refractivity contribution >= 4 is 10.9 Å². The van der Waals surface area contributed by atoms with Gasteiger partial charge >= 0.3 is 0 Å². The van der Waals surface area contributed by atoms with Crippen LogP contribution in [-0.4, -0.2) is 32.4 Å². The second-order valence-electron chi connectivity index (χ2n) is 7.64. The van der Waals surface area contributed by atoms with Crippen LogP contribution in [0.15, 0.2) is 30.5 Å². The van der Waals surface area contributed by atoms with Gasteiger partial charge in [0.05, 0.1) is 12.7 Å². The first-order valence-corrected chi connectivity index (χ1v) is 7.95. The van der Waals surface area contributed by atoms with Crippen molar-refractivity contribution in [2.24, 2.45) is 0 Å². The molecule has 1 aromatic heterocycles. The Morgan fingerprint density at radius 3 is 2.50 bits per heavy atom. The Hall–Kier alpha value is -1.36. The summed E-state index contributed by atoms with van der Waals surface area (Å²) in [6.45, 7) is 8.87. The molecule has 4 nitrogen and oxygen atoms in total. The van der Waals surface area contributed by atoms with Crippen molar-refractivity contribution in [3.63, 3.8) is 0 Å². The summed E-state index contributed by atoms with van der Waals surface area (Å²) < 4.78 is 6.20. The molecule has 22 heavy (non-hydrogen) atoms. The van der Waals surface area contributed by atoms with Crippen LogP contribution in [-0.2, 0) is 11.3 Å². The molecule has 2 N–H and O–H groups in total. The van der Waals surface area contributed by atoms with E-state index in [1.54, 1.807) is 0 Å². The van der Waals surface area contributed by atoms with Crippen LogP contribution in [0.3, 0.4) is 0 Å². The van der Waals surface area contributed by atoms with Gasteiger partial charge in [-0.3, -0.25) is 0 Å². The molecular formula is C18H26N2O2. The summed E-state index contributed by atoms with van der Waals surface area (Å²) >= 11 is 0. The van der Waals surface area contributed by atoms with Gasteiger partial charge in [0.1, 0.15) is 0 Å². The molecule has 4 heteroatoms. The molecular weight excluding hydrogens is 276 g/mol. The van der Waals surface area contributed by atoms with Crippen LogP contribution in [0.25, 0.3) is 10.9 Å². The Balaban J connectivity index is 1.71. The van der Waals surface area contributed by atoms with E-state index in [0.717, 1.165) is 18.4 Å². The standard InChI is InChI=1S/C18H26N2O2/c1-17(2)9-14(10-18(3,4)20(17)21)22-12-13-11-19-16-8-6-5-7-15(13)16/h5-8,11,14,19,21H,9-10,12H2,1-4H3. The highest BCUT2D eigenvalue weighted by atomic mass is 16.5. The van der Waals surface area contributed by atoms with Crippen molar-refractivity contribution in [1.82, 2.24) is 10.0 Å². The summed E-state index contributed by atoms with van der Waals surface area (Å²) in [5.41, 5.74) is 1.80. The van der Waals surface area contributed by atoms with Gasteiger partial charge in [-0.25, -0.2) is 0 Å². The number of hydrogen-bond acceptors (Lipinski definition) is 3. The molecule has 1 aliphatic heterocycles. The average Bonchev–Trinajstić information content (AvgIpc) is 2.85. The Morgan fingerprint density at radius 2 is 1.82 bits per heavy atom. The van der Waals surface area contributed by atoms with E-state index in [0.29, 0.717) is 6.61 Å². The molecule has 0 aliphatic carbocycles. The van der Waals surface area contributed by atoms with E-state index in [1.807, 2.05) is 12.3 Å². The number of benzene rings is 1. The number of ether oxygens (including phenoxy) is 1. The minimum absolute atomic E-state index is 0.155. The van der Waals surface area contributed by atoms with Crippen molar-refractivity contribution in [3.8, 4) is 0 Å². The number of rotatable bonds is 3. The van der Waals surface area contributed by atoms with Crippen molar-refractivity contribution < 1.29 is 9.94 Å². The Morgan fingerprint density at radius 1 is 1.18 bits per heavy atom. The highest BCUT2D eigenvalue weighted by molar-refractivity contribution is 5.82. The highest BCUT2D eigenvalue weighted by Crippen LogP contribution is 2.38. The highest BCUT2D eigenvalue weighted by Gasteiger charge is 2.45. The van der Waals surface area contributed by atoms with Gasteiger partial charge in [0.2, 0.25) is 0 Å². The summed E-state index contributed by atoms with van der Waals surface area (Å²) in [7, 11) is 0. The van der Waals surface area contributed by atoms with E-state index >= 15 is 0 Å². The number of hydroxylamine groups is 2. The largest absolute Gasteiger partial charge is 0.373 e. The minimum Gasteiger partial charge on any atom is -0.373 e. The number of nitrogens with zero attached hydrogens (tertiary/aromatic N) is 1. The van der Waals surface area contributed by atoms with Crippen molar-refractivity contribution in [2.75, 3.05) is 0 Å². The zero-order valence-corrected chi connectivity index (χ0v) is 13.9. The summed E-state index contributed by atoms with van der Waals surface area (Å²) in [5.74, 6) is 0. The lowest BCUT2D eigenvalue weighted by molar-refractivity contribution is -0.262. The van der Waals surface area contributed by atoms with Crippen LogP contribution in [0.1, 0.15) is 46.1 Å². The maximum absolute atomic E-state index is 10.3. The summed E-state index contributed by atoms with van der Waals surface area (Å²) in [6.07, 6.45) is 3.84. The third kappa shape index (κ3) is 2.78. The second-order valence-corrected chi connectivity index (χ2v) is 7.64. The van der Waals surface area contributed by atoms with Crippen molar-refractivity contribution in [3.05, 3.63) is 36.0 Å². The van der Waals surface area contributed by atoms with E-state index in [-0.39, 0.29) is 17.2 Å². The molecule has 1 saturated heterocycles. The van der Waals surface area contributed by atoms with Crippen LogP contribution >= 0.6 is 0 Å². The third-order valence-electron chi connectivity index (χ3n) is 4.75. The maximum atomic E-state index is 10.3. The first kappa shape index (κ1) is 15.5. The molecule has 3 rings (SSSR count). The van der Waals surface area contributed by atoms with E-state index in [1.165, 1.54) is 16.0 Å². The molecule has 0 atom stereocenters. The van der Waals surface area contributed by atoms with Gasteiger partial charge < -0.3 is 14.9 Å². The molecule has 0 amide bonds. The molecule has 1 fully saturated rings. The predicted octanol–water partition coefficient (Wildman–Crippen LogP) is 4.10. The van der Waals surface area contributed by atoms with Gasteiger partial charge in [0.15, 0.2) is 0 Å². The number of nitrogens with one attached hydrogen (secondary N) is 1. The number of fused-ring (bicyclic) bond motifs is 1. The fourth-order valence-electron chi connectivity index (χ4n) is 3.76. The summed E-state index contributed by atoms with van der Waals surface area (Å²) in [5, 5.41) is 13.1. The minimum atomic E-state index is -0.271. The lowest BCUT2D eigenvalue weighted by atomic mass is 9.80. The average molecular weight is 302 g/mol. The molecule has 0 unspecified atom stereocenters. The Bertz CT molecular complexity index is 642. The van der Waals surface area contributed by atoms with Crippen molar-refractivity contribution in [1.29, 1.82) is 0 Å². The van der Waals surface area contributed by atoms with Crippen molar-refractivity contribution in [2.45, 2.75) is 64.3 Å². The van der Waals surface area contributed by atoms with E-state index in [9.17, 15) is 5.21 Å². The van der Waals surface area contributed by atoms with Gasteiger partial charge in [-0.1, -0.05) is 18.2 Å².